The molecule has 0 fully saturated rings. The second-order valence-corrected chi connectivity index (χ2v) is 2.96. The van der Waals surface area contributed by atoms with Gasteiger partial charge in [-0.15, -0.1) is 0 Å². The minimum atomic E-state index is -0.464. The summed E-state index contributed by atoms with van der Waals surface area (Å²) >= 11 is 0. The number of carbonyl (C=O) groups excluding carboxylic acids is 1. The summed E-state index contributed by atoms with van der Waals surface area (Å²) in [5.74, 6) is 0.559. The Kier molecular flexibility index (Phi) is 3.45. The van der Waals surface area contributed by atoms with Crippen molar-refractivity contribution in [3.63, 3.8) is 0 Å². The monoisotopic (exact) mass is 194 g/mol. The fourth-order valence-corrected chi connectivity index (χ4v) is 1.02. The van der Waals surface area contributed by atoms with E-state index in [0.29, 0.717) is 12.4 Å². The minimum absolute atomic E-state index is 0.358. The van der Waals surface area contributed by atoms with Crippen LogP contribution in [0.25, 0.3) is 0 Å². The van der Waals surface area contributed by atoms with E-state index in [1.54, 1.807) is 6.92 Å². The molecule has 0 unspecified atom stereocenters. The molecule has 14 heavy (non-hydrogen) atoms. The Morgan fingerprint density at radius 2 is 2.21 bits per heavy atom. The lowest BCUT2D eigenvalue weighted by atomic mass is 10.2. The Bertz CT molecular complexity index is 337. The molecule has 4 nitrogen and oxygen atoms in total. The van der Waals surface area contributed by atoms with E-state index in [4.69, 9.17) is 4.74 Å². The standard InChI is InChI=1S/C10H14N2O2/c1-4-14-10(13)12-9-7(2)5-6-8(3)11-9/h5-6H,4H2,1-3H3,(H,11,12,13). The van der Waals surface area contributed by atoms with Crippen LogP contribution in [0.1, 0.15) is 18.2 Å². The van der Waals surface area contributed by atoms with Gasteiger partial charge < -0.3 is 4.74 Å². The quantitative estimate of drug-likeness (QED) is 0.785. The van der Waals surface area contributed by atoms with Gasteiger partial charge in [0.05, 0.1) is 6.61 Å². The van der Waals surface area contributed by atoms with Crippen molar-refractivity contribution in [2.75, 3.05) is 11.9 Å². The number of carbonyl (C=O) groups is 1. The zero-order chi connectivity index (χ0) is 10.6. The van der Waals surface area contributed by atoms with Gasteiger partial charge in [-0.3, -0.25) is 5.32 Å². The van der Waals surface area contributed by atoms with Gasteiger partial charge in [-0.1, -0.05) is 6.07 Å². The van der Waals surface area contributed by atoms with E-state index >= 15 is 0 Å². The number of anilines is 1. The molecule has 0 aliphatic heterocycles. The van der Waals surface area contributed by atoms with Gasteiger partial charge in [-0.2, -0.15) is 0 Å². The van der Waals surface area contributed by atoms with Crippen LogP contribution in [-0.4, -0.2) is 17.7 Å². The molecule has 0 atom stereocenters. The van der Waals surface area contributed by atoms with Gasteiger partial charge in [-0.05, 0) is 32.4 Å². The summed E-state index contributed by atoms with van der Waals surface area (Å²) in [4.78, 5) is 15.3. The number of hydrogen-bond acceptors (Lipinski definition) is 3. The van der Waals surface area contributed by atoms with Crippen LogP contribution >= 0.6 is 0 Å². The Labute approximate surface area is 83.3 Å². The lowest BCUT2D eigenvalue weighted by molar-refractivity contribution is 0.168. The van der Waals surface area contributed by atoms with Gasteiger partial charge >= 0.3 is 6.09 Å². The van der Waals surface area contributed by atoms with Crippen LogP contribution in [0.4, 0.5) is 10.6 Å². The lowest BCUT2D eigenvalue weighted by Crippen LogP contribution is -2.15. The molecule has 0 aliphatic carbocycles. The van der Waals surface area contributed by atoms with E-state index in [-0.39, 0.29) is 0 Å². The van der Waals surface area contributed by atoms with E-state index in [2.05, 4.69) is 10.3 Å². The summed E-state index contributed by atoms with van der Waals surface area (Å²) in [7, 11) is 0. The molecular weight excluding hydrogens is 180 g/mol. The second kappa shape index (κ2) is 4.60. The number of nitrogens with one attached hydrogen (secondary N) is 1. The molecule has 0 aromatic carbocycles. The van der Waals surface area contributed by atoms with Crippen LogP contribution in [0.3, 0.4) is 0 Å². The summed E-state index contributed by atoms with van der Waals surface area (Å²) in [5, 5.41) is 2.58. The fraction of sp³-hybridized carbons (Fsp3) is 0.400. The molecule has 0 radical (unpaired) electrons. The van der Waals surface area contributed by atoms with Gasteiger partial charge in [0.15, 0.2) is 0 Å². The molecule has 0 aliphatic rings. The first-order valence-corrected chi connectivity index (χ1v) is 4.51. The number of amides is 1. The van der Waals surface area contributed by atoms with Crippen molar-refractivity contribution in [3.8, 4) is 0 Å². The number of hydrogen-bond donors (Lipinski definition) is 1. The second-order valence-electron chi connectivity index (χ2n) is 2.96. The number of rotatable bonds is 2. The molecule has 1 aromatic rings. The Morgan fingerprint density at radius 3 is 2.86 bits per heavy atom. The van der Waals surface area contributed by atoms with Crippen LogP contribution in [-0.2, 0) is 4.74 Å². The normalized spacial score (nSPS) is 9.64. The third-order valence-corrected chi connectivity index (χ3v) is 1.73. The highest BCUT2D eigenvalue weighted by atomic mass is 16.5. The molecule has 1 rings (SSSR count). The fourth-order valence-electron chi connectivity index (χ4n) is 1.02. The van der Waals surface area contributed by atoms with Gasteiger partial charge in [0.1, 0.15) is 5.82 Å². The van der Waals surface area contributed by atoms with Crippen molar-refractivity contribution in [2.24, 2.45) is 0 Å². The predicted octanol–water partition coefficient (Wildman–Crippen LogP) is 2.27. The molecule has 1 amide bonds. The molecular formula is C10H14N2O2. The summed E-state index contributed by atoms with van der Waals surface area (Å²) < 4.78 is 4.75. The average Bonchev–Trinajstić information content (AvgIpc) is 2.12. The maximum Gasteiger partial charge on any atom is 0.412 e. The number of nitrogens with zero attached hydrogens (tertiary/aromatic N) is 1. The maximum absolute atomic E-state index is 11.1. The van der Waals surface area contributed by atoms with Crippen molar-refractivity contribution in [1.29, 1.82) is 0 Å². The Hall–Kier alpha value is -1.58. The van der Waals surface area contributed by atoms with Gasteiger partial charge in [0.25, 0.3) is 0 Å². The smallest absolute Gasteiger partial charge is 0.412 e. The number of aromatic nitrogens is 1. The van der Waals surface area contributed by atoms with E-state index in [0.717, 1.165) is 11.3 Å². The van der Waals surface area contributed by atoms with Gasteiger partial charge in [0.2, 0.25) is 0 Å². The predicted molar refractivity (Wildman–Crippen MR) is 54.4 cm³/mol. The third kappa shape index (κ3) is 2.73. The molecule has 0 bridgehead atoms. The molecule has 1 heterocycles. The Balaban J connectivity index is 2.75. The molecule has 0 spiro atoms. The highest BCUT2D eigenvalue weighted by molar-refractivity contribution is 5.84. The topological polar surface area (TPSA) is 51.2 Å². The van der Waals surface area contributed by atoms with Crippen molar-refractivity contribution >= 4 is 11.9 Å². The zero-order valence-electron chi connectivity index (χ0n) is 8.63. The summed E-state index contributed by atoms with van der Waals surface area (Å²) in [5.41, 5.74) is 1.78. The highest BCUT2D eigenvalue weighted by Crippen LogP contribution is 2.11. The van der Waals surface area contributed by atoms with E-state index < -0.39 is 6.09 Å². The van der Waals surface area contributed by atoms with Crippen LogP contribution in [0.2, 0.25) is 0 Å². The SMILES string of the molecule is CCOC(=O)Nc1nc(C)ccc1C. The highest BCUT2D eigenvalue weighted by Gasteiger charge is 2.05. The molecule has 1 N–H and O–H groups in total. The summed E-state index contributed by atoms with van der Waals surface area (Å²) in [6.07, 6.45) is -0.464. The van der Waals surface area contributed by atoms with Gasteiger partial charge in [-0.25, -0.2) is 9.78 Å². The van der Waals surface area contributed by atoms with E-state index in [1.807, 2.05) is 26.0 Å². The summed E-state index contributed by atoms with van der Waals surface area (Å²) in [6.45, 7) is 5.87. The maximum atomic E-state index is 11.1. The number of pyridine rings is 1. The van der Waals surface area contributed by atoms with Crippen molar-refractivity contribution in [1.82, 2.24) is 4.98 Å². The minimum Gasteiger partial charge on any atom is -0.450 e. The first-order chi connectivity index (χ1) is 6.63. The van der Waals surface area contributed by atoms with Crippen molar-refractivity contribution in [2.45, 2.75) is 20.8 Å². The average molecular weight is 194 g/mol. The molecule has 0 saturated heterocycles. The van der Waals surface area contributed by atoms with Crippen LogP contribution in [0.5, 0.6) is 0 Å². The van der Waals surface area contributed by atoms with E-state index in [9.17, 15) is 4.79 Å². The number of ether oxygens (including phenoxy) is 1. The zero-order valence-corrected chi connectivity index (χ0v) is 8.63. The number of aryl methyl sites for hydroxylation is 2. The third-order valence-electron chi connectivity index (χ3n) is 1.73. The van der Waals surface area contributed by atoms with Crippen LogP contribution in [0, 0.1) is 13.8 Å². The molecule has 4 heteroatoms. The van der Waals surface area contributed by atoms with Crippen molar-refractivity contribution < 1.29 is 9.53 Å². The van der Waals surface area contributed by atoms with Crippen LogP contribution in [0.15, 0.2) is 12.1 Å². The van der Waals surface area contributed by atoms with E-state index in [1.165, 1.54) is 0 Å². The molecule has 0 saturated carbocycles. The van der Waals surface area contributed by atoms with Crippen molar-refractivity contribution in [3.05, 3.63) is 23.4 Å². The Morgan fingerprint density at radius 1 is 1.50 bits per heavy atom. The van der Waals surface area contributed by atoms with Crippen LogP contribution < -0.4 is 5.32 Å². The largest absolute Gasteiger partial charge is 0.450 e. The molecule has 1 aromatic heterocycles. The lowest BCUT2D eigenvalue weighted by Gasteiger charge is -2.07. The molecule has 76 valence electrons. The first-order valence-electron chi connectivity index (χ1n) is 4.51. The summed E-state index contributed by atoms with van der Waals surface area (Å²) in [6, 6.07) is 3.80. The first kappa shape index (κ1) is 10.5. The van der Waals surface area contributed by atoms with Gasteiger partial charge in [0, 0.05) is 5.69 Å².